The normalized spacial score (nSPS) is 9.30. The maximum atomic E-state index is 10.2. The number of rotatable bonds is 1. The van der Waals surface area contributed by atoms with Gasteiger partial charge < -0.3 is 0 Å². The number of nitrogens with zero attached hydrogens (tertiary/aromatic N) is 1. The molecule has 1 aromatic carbocycles. The van der Waals surface area contributed by atoms with Crippen LogP contribution in [-0.4, -0.2) is 10.1 Å². The Bertz CT molecular complexity index is 244. The first-order valence-electron chi connectivity index (χ1n) is 2.62. The molecule has 0 radical (unpaired) electrons. The van der Waals surface area contributed by atoms with E-state index in [1.54, 1.807) is 0 Å². The summed E-state index contributed by atoms with van der Waals surface area (Å²) in [6.07, 6.45) is 0. The van der Waals surface area contributed by atoms with E-state index in [1.807, 2.05) is 0 Å². The molecular formula is C6H5ClNO2+. The topological polar surface area (TPSA) is 40.3 Å². The van der Waals surface area contributed by atoms with Crippen LogP contribution >= 0.6 is 11.6 Å². The molecule has 0 heterocycles. The van der Waals surface area contributed by atoms with E-state index in [1.165, 1.54) is 24.3 Å². The standard InChI is InChI=1S/C6H5ClNO2/c7-5-1-3-6(4-2-5)8(9)10/h1-4H,(H,9,10)/q+1. The van der Waals surface area contributed by atoms with E-state index in [0.29, 0.717) is 5.02 Å². The Morgan fingerprint density at radius 2 is 1.80 bits per heavy atom. The van der Waals surface area contributed by atoms with Gasteiger partial charge in [-0.3, -0.25) is 0 Å². The van der Waals surface area contributed by atoms with Gasteiger partial charge in [0.15, 0.2) is 0 Å². The lowest BCUT2D eigenvalue weighted by Crippen LogP contribution is -1.89. The third kappa shape index (κ3) is 1.45. The zero-order valence-electron chi connectivity index (χ0n) is 4.99. The van der Waals surface area contributed by atoms with Crippen molar-refractivity contribution in [1.29, 1.82) is 0 Å². The number of hydrogen-bond acceptors (Lipinski definition) is 1. The van der Waals surface area contributed by atoms with Crippen LogP contribution < -0.4 is 0 Å². The number of benzene rings is 1. The molecule has 0 aromatic heterocycles. The van der Waals surface area contributed by atoms with Crippen molar-refractivity contribution in [2.75, 3.05) is 0 Å². The lowest BCUT2D eigenvalue weighted by atomic mass is 10.3. The van der Waals surface area contributed by atoms with Gasteiger partial charge in [-0.05, 0) is 12.1 Å². The molecule has 1 aromatic rings. The van der Waals surface area contributed by atoms with Gasteiger partial charge in [0.1, 0.15) is 0 Å². The molecule has 0 saturated carbocycles. The van der Waals surface area contributed by atoms with Gasteiger partial charge in [0.05, 0.1) is 4.91 Å². The largest absolute Gasteiger partial charge is 0.316 e. The number of halogens is 1. The molecule has 1 N–H and O–H groups in total. The van der Waals surface area contributed by atoms with Crippen LogP contribution in [0, 0.1) is 4.91 Å². The molecule has 0 aliphatic heterocycles. The highest BCUT2D eigenvalue weighted by atomic mass is 35.5. The van der Waals surface area contributed by atoms with Crippen molar-refractivity contribution < 1.29 is 10.1 Å². The molecule has 0 fully saturated rings. The van der Waals surface area contributed by atoms with Crippen LogP contribution in [0.2, 0.25) is 5.02 Å². The second-order valence-corrected chi connectivity index (χ2v) is 2.19. The molecule has 0 amide bonds. The van der Waals surface area contributed by atoms with Gasteiger partial charge in [0.2, 0.25) is 0 Å². The Hall–Kier alpha value is -1.09. The van der Waals surface area contributed by atoms with Gasteiger partial charge in [-0.2, -0.15) is 0 Å². The van der Waals surface area contributed by atoms with E-state index < -0.39 is 0 Å². The smallest absolute Gasteiger partial charge is 0.241 e. The first-order chi connectivity index (χ1) is 4.70. The quantitative estimate of drug-likeness (QED) is 0.636. The average Bonchev–Trinajstić information content (AvgIpc) is 1.88. The zero-order valence-corrected chi connectivity index (χ0v) is 5.75. The van der Waals surface area contributed by atoms with Gasteiger partial charge in [-0.1, -0.05) is 11.6 Å². The summed E-state index contributed by atoms with van der Waals surface area (Å²) in [5.74, 6) is 0. The fourth-order valence-corrected chi connectivity index (χ4v) is 0.695. The summed E-state index contributed by atoms with van der Waals surface area (Å²) in [4.78, 5) is 9.97. The van der Waals surface area contributed by atoms with E-state index in [2.05, 4.69) is 0 Å². The average molecular weight is 159 g/mol. The Balaban J connectivity index is 3.00. The van der Waals surface area contributed by atoms with Crippen molar-refractivity contribution in [1.82, 2.24) is 0 Å². The van der Waals surface area contributed by atoms with Crippen molar-refractivity contribution in [2.45, 2.75) is 0 Å². The van der Waals surface area contributed by atoms with Gasteiger partial charge in [-0.15, -0.1) is 0 Å². The summed E-state index contributed by atoms with van der Waals surface area (Å²) in [5, 5.41) is 8.88. The first-order valence-corrected chi connectivity index (χ1v) is 2.99. The van der Waals surface area contributed by atoms with Crippen molar-refractivity contribution in [3.05, 3.63) is 34.2 Å². The van der Waals surface area contributed by atoms with Gasteiger partial charge >= 0.3 is 5.69 Å². The predicted molar refractivity (Wildman–Crippen MR) is 36.5 cm³/mol. The molecular weight excluding hydrogens is 154 g/mol. The summed E-state index contributed by atoms with van der Waals surface area (Å²) >= 11 is 5.51. The maximum absolute atomic E-state index is 10.2. The fourth-order valence-electron chi connectivity index (χ4n) is 0.569. The first kappa shape index (κ1) is 7.02. The predicted octanol–water partition coefficient (Wildman–Crippen LogP) is 2.14. The minimum atomic E-state index is -0.212. The summed E-state index contributed by atoms with van der Waals surface area (Å²) in [6.45, 7) is 0. The SMILES string of the molecule is O=[N+](O)c1ccc(Cl)cc1. The molecule has 52 valence electrons. The lowest BCUT2D eigenvalue weighted by Gasteiger charge is -1.84. The highest BCUT2D eigenvalue weighted by Crippen LogP contribution is 2.14. The molecule has 10 heavy (non-hydrogen) atoms. The second-order valence-electron chi connectivity index (χ2n) is 1.75. The Labute approximate surface area is 62.4 Å². The van der Waals surface area contributed by atoms with Crippen LogP contribution in [-0.2, 0) is 0 Å². The Morgan fingerprint density at radius 3 is 2.20 bits per heavy atom. The van der Waals surface area contributed by atoms with Crippen LogP contribution in [0.5, 0.6) is 0 Å². The van der Waals surface area contributed by atoms with E-state index in [4.69, 9.17) is 16.8 Å². The van der Waals surface area contributed by atoms with E-state index in [0.717, 1.165) is 0 Å². The fraction of sp³-hybridized carbons (Fsp3) is 0. The van der Waals surface area contributed by atoms with E-state index in [9.17, 15) is 4.91 Å². The molecule has 1 rings (SSSR count). The molecule has 0 bridgehead atoms. The zero-order chi connectivity index (χ0) is 7.56. The van der Waals surface area contributed by atoms with E-state index in [-0.39, 0.29) is 10.6 Å². The van der Waals surface area contributed by atoms with Crippen LogP contribution in [0.4, 0.5) is 5.69 Å². The third-order valence-electron chi connectivity index (χ3n) is 1.05. The van der Waals surface area contributed by atoms with Gasteiger partial charge in [-0.25, -0.2) is 5.21 Å². The lowest BCUT2D eigenvalue weighted by molar-refractivity contribution is -0.729. The Morgan fingerprint density at radius 1 is 1.30 bits per heavy atom. The molecule has 0 atom stereocenters. The molecule has 0 aliphatic carbocycles. The third-order valence-corrected chi connectivity index (χ3v) is 1.30. The van der Waals surface area contributed by atoms with Gasteiger partial charge in [0, 0.05) is 17.2 Å². The second kappa shape index (κ2) is 2.66. The summed E-state index contributed by atoms with van der Waals surface area (Å²) < 4.78 is 0. The van der Waals surface area contributed by atoms with Crippen molar-refractivity contribution in [3.8, 4) is 0 Å². The summed E-state index contributed by atoms with van der Waals surface area (Å²) in [6, 6.07) is 5.90. The minimum absolute atomic E-state index is 0.171. The number of hydrogen-bond donors (Lipinski definition) is 1. The Kier molecular flexibility index (Phi) is 1.87. The van der Waals surface area contributed by atoms with Crippen molar-refractivity contribution >= 4 is 17.3 Å². The minimum Gasteiger partial charge on any atom is -0.241 e. The molecule has 0 aliphatic rings. The van der Waals surface area contributed by atoms with Crippen LogP contribution in [0.15, 0.2) is 24.3 Å². The maximum Gasteiger partial charge on any atom is 0.316 e. The van der Waals surface area contributed by atoms with Crippen LogP contribution in [0.3, 0.4) is 0 Å². The highest BCUT2D eigenvalue weighted by molar-refractivity contribution is 6.30. The monoisotopic (exact) mass is 158 g/mol. The van der Waals surface area contributed by atoms with Crippen LogP contribution in [0.25, 0.3) is 0 Å². The van der Waals surface area contributed by atoms with Crippen molar-refractivity contribution in [3.63, 3.8) is 0 Å². The molecule has 0 saturated heterocycles. The molecule has 0 unspecified atom stereocenters. The van der Waals surface area contributed by atoms with Crippen LogP contribution in [0.1, 0.15) is 0 Å². The molecule has 3 nitrogen and oxygen atoms in total. The summed E-state index contributed by atoms with van der Waals surface area (Å²) in [5.41, 5.74) is 0.171. The van der Waals surface area contributed by atoms with Crippen molar-refractivity contribution in [2.24, 2.45) is 0 Å². The molecule has 4 heteroatoms. The summed E-state index contributed by atoms with van der Waals surface area (Å²) in [7, 11) is 0. The molecule has 0 spiro atoms. The van der Waals surface area contributed by atoms with Gasteiger partial charge in [0.25, 0.3) is 4.92 Å². The highest BCUT2D eigenvalue weighted by Gasteiger charge is 2.08. The van der Waals surface area contributed by atoms with E-state index >= 15 is 0 Å².